The molecule has 2 heterocycles. The molecule has 150 valence electrons. The first-order valence-corrected chi connectivity index (χ1v) is 10.3. The molecule has 1 unspecified atom stereocenters. The number of nitrogens with one attached hydrogen (secondary N) is 1. The smallest absolute Gasteiger partial charge is 0.255 e. The van der Waals surface area contributed by atoms with Crippen molar-refractivity contribution in [1.82, 2.24) is 15.1 Å². The van der Waals surface area contributed by atoms with Gasteiger partial charge in [-0.05, 0) is 69.5 Å². The van der Waals surface area contributed by atoms with Crippen molar-refractivity contribution < 1.29 is 14.3 Å². The number of nitrogens with zero attached hydrogens (tertiary/aromatic N) is 2. The van der Waals surface area contributed by atoms with Crippen molar-refractivity contribution in [1.29, 1.82) is 0 Å². The minimum Gasteiger partial charge on any atom is -0.489 e. The summed E-state index contributed by atoms with van der Waals surface area (Å²) in [6, 6.07) is 5.74. The van der Waals surface area contributed by atoms with Gasteiger partial charge >= 0.3 is 0 Å². The minimum absolute atomic E-state index is 0.0707. The first kappa shape index (κ1) is 19.0. The normalized spacial score (nSPS) is 27.3. The van der Waals surface area contributed by atoms with Crippen LogP contribution >= 0.6 is 0 Å². The number of ether oxygens (including phenoxy) is 1. The number of likely N-dealkylation sites (N-methyl/N-ethyl adjacent to an activating group) is 1. The Morgan fingerprint density at radius 1 is 1.29 bits per heavy atom. The highest BCUT2D eigenvalue weighted by Crippen LogP contribution is 2.33. The molecule has 3 aliphatic rings. The lowest BCUT2D eigenvalue weighted by Gasteiger charge is -2.30. The molecule has 1 aromatic rings. The second-order valence-electron chi connectivity index (χ2n) is 8.13. The summed E-state index contributed by atoms with van der Waals surface area (Å²) in [4.78, 5) is 29.2. The second-order valence-corrected chi connectivity index (χ2v) is 8.13. The first-order valence-electron chi connectivity index (χ1n) is 10.3. The summed E-state index contributed by atoms with van der Waals surface area (Å²) < 4.78 is 6.32. The largest absolute Gasteiger partial charge is 0.489 e. The van der Waals surface area contributed by atoms with Crippen molar-refractivity contribution in [3.8, 4) is 5.75 Å². The van der Waals surface area contributed by atoms with Crippen molar-refractivity contribution in [2.45, 2.75) is 63.8 Å². The molecule has 4 rings (SSSR count). The standard InChI is InChI=1S/C22H29N3O3/c1-4-24(3)18-6-5-7-20(18)28-16-9-10-17-15(12-16)13-25(22(17)27)19-11-8-14(2)23-21(19)26/h9-10,12,18-20H,2,4-8,11,13H2,1,3H3,(H,23,26)/t18-,19?,20-/m0/s1. The molecule has 2 aliphatic heterocycles. The van der Waals surface area contributed by atoms with Gasteiger partial charge in [-0.15, -0.1) is 0 Å². The lowest BCUT2D eigenvalue weighted by molar-refractivity contribution is -0.126. The maximum absolute atomic E-state index is 12.8. The highest BCUT2D eigenvalue weighted by Gasteiger charge is 2.38. The van der Waals surface area contributed by atoms with E-state index in [0.717, 1.165) is 36.4 Å². The van der Waals surface area contributed by atoms with Gasteiger partial charge < -0.3 is 19.9 Å². The van der Waals surface area contributed by atoms with Crippen LogP contribution < -0.4 is 10.1 Å². The van der Waals surface area contributed by atoms with Gasteiger partial charge in [0.05, 0.1) is 0 Å². The third kappa shape index (κ3) is 3.41. The van der Waals surface area contributed by atoms with Gasteiger partial charge in [0.1, 0.15) is 17.9 Å². The van der Waals surface area contributed by atoms with E-state index in [-0.39, 0.29) is 17.9 Å². The maximum atomic E-state index is 12.8. The summed E-state index contributed by atoms with van der Waals surface area (Å²) in [5.74, 6) is 0.611. The number of piperidine rings is 1. The summed E-state index contributed by atoms with van der Waals surface area (Å²) in [6.07, 6.45) is 4.92. The average molecular weight is 383 g/mol. The number of allylic oxidation sites excluding steroid dienone is 1. The van der Waals surface area contributed by atoms with Crippen molar-refractivity contribution in [3.05, 3.63) is 41.6 Å². The van der Waals surface area contributed by atoms with Gasteiger partial charge in [0, 0.05) is 23.8 Å². The molecular formula is C22H29N3O3. The Labute approximate surface area is 166 Å². The molecular weight excluding hydrogens is 354 g/mol. The van der Waals surface area contributed by atoms with Crippen LogP contribution in [0.5, 0.6) is 5.75 Å². The molecule has 2 fully saturated rings. The minimum atomic E-state index is -0.424. The van der Waals surface area contributed by atoms with Crippen LogP contribution in [0, 0.1) is 0 Å². The molecule has 2 amide bonds. The zero-order chi connectivity index (χ0) is 19.8. The first-order chi connectivity index (χ1) is 13.5. The summed E-state index contributed by atoms with van der Waals surface area (Å²) in [5.41, 5.74) is 2.35. The molecule has 6 nitrogen and oxygen atoms in total. The van der Waals surface area contributed by atoms with Crippen molar-refractivity contribution in [3.63, 3.8) is 0 Å². The Hall–Kier alpha value is -2.34. The van der Waals surface area contributed by atoms with Crippen LogP contribution in [0.3, 0.4) is 0 Å². The number of benzene rings is 1. The number of carbonyl (C=O) groups excluding carboxylic acids is 2. The second kappa shape index (κ2) is 7.59. The molecule has 1 saturated heterocycles. The number of fused-ring (bicyclic) bond motifs is 1. The van der Waals surface area contributed by atoms with Crippen LogP contribution in [0.1, 0.15) is 54.9 Å². The Bertz CT molecular complexity index is 806. The summed E-state index contributed by atoms with van der Waals surface area (Å²) in [7, 11) is 2.15. The van der Waals surface area contributed by atoms with E-state index in [4.69, 9.17) is 4.74 Å². The number of amides is 2. The number of hydrogen-bond acceptors (Lipinski definition) is 4. The quantitative estimate of drug-likeness (QED) is 0.849. The van der Waals surface area contributed by atoms with Gasteiger partial charge in [-0.1, -0.05) is 13.5 Å². The van der Waals surface area contributed by atoms with Crippen LogP contribution in [0.2, 0.25) is 0 Å². The molecule has 6 heteroatoms. The van der Waals surface area contributed by atoms with E-state index in [9.17, 15) is 9.59 Å². The molecule has 1 aromatic carbocycles. The highest BCUT2D eigenvalue weighted by molar-refractivity contribution is 6.01. The van der Waals surface area contributed by atoms with Gasteiger partial charge in [-0.25, -0.2) is 0 Å². The predicted molar refractivity (Wildman–Crippen MR) is 107 cm³/mol. The Balaban J connectivity index is 1.48. The van der Waals surface area contributed by atoms with Gasteiger partial charge in [-0.3, -0.25) is 9.59 Å². The van der Waals surface area contributed by atoms with Crippen LogP contribution in [-0.4, -0.2) is 53.4 Å². The number of carbonyl (C=O) groups is 2. The number of rotatable bonds is 5. The van der Waals surface area contributed by atoms with E-state index in [1.165, 1.54) is 6.42 Å². The molecule has 0 bridgehead atoms. The third-order valence-corrected chi connectivity index (χ3v) is 6.38. The molecule has 0 spiro atoms. The third-order valence-electron chi connectivity index (χ3n) is 6.38. The maximum Gasteiger partial charge on any atom is 0.255 e. The van der Waals surface area contributed by atoms with Gasteiger partial charge in [-0.2, -0.15) is 0 Å². The molecule has 1 aliphatic carbocycles. The number of hydrogen-bond donors (Lipinski definition) is 1. The predicted octanol–water partition coefficient (Wildman–Crippen LogP) is 2.69. The topological polar surface area (TPSA) is 61.9 Å². The molecule has 1 N–H and O–H groups in total. The summed E-state index contributed by atoms with van der Waals surface area (Å²) >= 11 is 0. The highest BCUT2D eigenvalue weighted by atomic mass is 16.5. The van der Waals surface area contributed by atoms with Crippen LogP contribution in [-0.2, 0) is 11.3 Å². The van der Waals surface area contributed by atoms with Crippen molar-refractivity contribution in [2.75, 3.05) is 13.6 Å². The van der Waals surface area contributed by atoms with E-state index < -0.39 is 6.04 Å². The van der Waals surface area contributed by atoms with Crippen molar-refractivity contribution in [2.24, 2.45) is 0 Å². The molecule has 0 aromatic heterocycles. The van der Waals surface area contributed by atoms with Crippen LogP contribution in [0.4, 0.5) is 0 Å². The lowest BCUT2D eigenvalue weighted by atomic mass is 10.0. The Morgan fingerprint density at radius 3 is 2.86 bits per heavy atom. The van der Waals surface area contributed by atoms with Crippen LogP contribution in [0.25, 0.3) is 0 Å². The molecule has 0 radical (unpaired) electrons. The van der Waals surface area contributed by atoms with E-state index in [1.54, 1.807) is 4.90 Å². The fraction of sp³-hybridized carbons (Fsp3) is 0.545. The van der Waals surface area contributed by atoms with Gasteiger partial charge in [0.25, 0.3) is 5.91 Å². The van der Waals surface area contributed by atoms with Gasteiger partial charge in [0.15, 0.2) is 0 Å². The summed E-state index contributed by atoms with van der Waals surface area (Å²) in [6.45, 7) is 7.45. The van der Waals surface area contributed by atoms with E-state index in [2.05, 4.69) is 30.8 Å². The fourth-order valence-electron chi connectivity index (χ4n) is 4.66. The zero-order valence-corrected chi connectivity index (χ0v) is 16.7. The zero-order valence-electron chi connectivity index (χ0n) is 16.7. The average Bonchev–Trinajstić information content (AvgIpc) is 3.26. The van der Waals surface area contributed by atoms with E-state index in [0.29, 0.717) is 31.0 Å². The van der Waals surface area contributed by atoms with Crippen LogP contribution in [0.15, 0.2) is 30.5 Å². The monoisotopic (exact) mass is 383 g/mol. The van der Waals surface area contributed by atoms with E-state index in [1.807, 2.05) is 18.2 Å². The van der Waals surface area contributed by atoms with Crippen molar-refractivity contribution >= 4 is 11.8 Å². The molecule has 1 saturated carbocycles. The summed E-state index contributed by atoms with van der Waals surface area (Å²) in [5, 5.41) is 2.78. The molecule has 3 atom stereocenters. The Kier molecular flexibility index (Phi) is 5.15. The SMILES string of the molecule is C=C1CCC(N2Cc3cc(O[C@H]4CCC[C@@H]4N(C)CC)ccc3C2=O)C(=O)N1. The molecule has 28 heavy (non-hydrogen) atoms. The lowest BCUT2D eigenvalue weighted by Crippen LogP contribution is -2.49. The van der Waals surface area contributed by atoms with E-state index >= 15 is 0 Å². The fourth-order valence-corrected chi connectivity index (χ4v) is 4.66. The van der Waals surface area contributed by atoms with Gasteiger partial charge in [0.2, 0.25) is 5.91 Å². The Morgan fingerprint density at radius 2 is 2.11 bits per heavy atom.